The number of halogens is 1. The van der Waals surface area contributed by atoms with Gasteiger partial charge in [-0.2, -0.15) is 0 Å². The summed E-state index contributed by atoms with van der Waals surface area (Å²) in [4.78, 5) is 20.7. The van der Waals surface area contributed by atoms with Gasteiger partial charge in [-0.1, -0.05) is 35.9 Å². The number of pyridine rings is 1. The number of benzene rings is 1. The Bertz CT molecular complexity index is 687. The average molecular weight is 359 g/mol. The number of hydrogen-bond donors (Lipinski definition) is 1. The summed E-state index contributed by atoms with van der Waals surface area (Å²) >= 11 is 6.14. The van der Waals surface area contributed by atoms with E-state index in [1.807, 2.05) is 41.4 Å². The van der Waals surface area contributed by atoms with Crippen molar-refractivity contribution in [1.82, 2.24) is 20.1 Å². The van der Waals surface area contributed by atoms with Crippen LogP contribution in [0.3, 0.4) is 0 Å². The van der Waals surface area contributed by atoms with Gasteiger partial charge in [-0.05, 0) is 29.7 Å². The second-order valence-electron chi connectivity index (χ2n) is 6.20. The summed E-state index contributed by atoms with van der Waals surface area (Å²) < 4.78 is 0. The molecule has 0 aliphatic carbocycles. The van der Waals surface area contributed by atoms with Crippen molar-refractivity contribution in [3.8, 4) is 0 Å². The van der Waals surface area contributed by atoms with Crippen molar-refractivity contribution >= 4 is 17.6 Å². The number of hydrogen-bond acceptors (Lipinski definition) is 3. The molecule has 0 spiro atoms. The minimum absolute atomic E-state index is 0.00748. The predicted molar refractivity (Wildman–Crippen MR) is 99.6 cm³/mol. The summed E-state index contributed by atoms with van der Waals surface area (Å²) in [6, 6.07) is 11.8. The van der Waals surface area contributed by atoms with E-state index in [4.69, 9.17) is 11.6 Å². The van der Waals surface area contributed by atoms with Crippen molar-refractivity contribution in [2.45, 2.75) is 13.0 Å². The molecule has 3 rings (SSSR count). The number of urea groups is 1. The van der Waals surface area contributed by atoms with Crippen LogP contribution in [0.4, 0.5) is 4.79 Å². The highest BCUT2D eigenvalue weighted by molar-refractivity contribution is 6.31. The number of carbonyl (C=O) groups excluding carboxylic acids is 1. The van der Waals surface area contributed by atoms with Gasteiger partial charge < -0.3 is 10.2 Å². The monoisotopic (exact) mass is 358 g/mol. The van der Waals surface area contributed by atoms with E-state index in [1.165, 1.54) is 5.56 Å². The molecule has 1 N–H and O–H groups in total. The molecular weight excluding hydrogens is 336 g/mol. The molecule has 6 heteroatoms. The van der Waals surface area contributed by atoms with Crippen molar-refractivity contribution in [3.05, 3.63) is 64.9 Å². The van der Waals surface area contributed by atoms with Gasteiger partial charge in [-0.15, -0.1) is 0 Å². The first-order chi connectivity index (χ1) is 12.2. The molecule has 0 saturated carbocycles. The van der Waals surface area contributed by atoms with Crippen molar-refractivity contribution in [1.29, 1.82) is 0 Å². The van der Waals surface area contributed by atoms with E-state index in [9.17, 15) is 4.79 Å². The number of rotatable bonds is 5. The maximum atomic E-state index is 12.3. The van der Waals surface area contributed by atoms with Crippen LogP contribution in [0.5, 0.6) is 0 Å². The zero-order valence-corrected chi connectivity index (χ0v) is 15.0. The van der Waals surface area contributed by atoms with Crippen LogP contribution in [0.1, 0.15) is 11.1 Å². The molecule has 5 nitrogen and oxygen atoms in total. The molecule has 1 saturated heterocycles. The number of carbonyl (C=O) groups is 1. The molecule has 1 fully saturated rings. The SMILES string of the molecule is O=C(NCCc1ccccc1Cl)N1CCN(Cc2cccnc2)CC1. The fraction of sp³-hybridized carbons (Fsp3) is 0.368. The minimum Gasteiger partial charge on any atom is -0.338 e. The Kier molecular flexibility index (Phi) is 6.25. The Labute approximate surface area is 153 Å². The Hall–Kier alpha value is -2.11. The topological polar surface area (TPSA) is 48.5 Å². The van der Waals surface area contributed by atoms with Crippen LogP contribution in [0.25, 0.3) is 0 Å². The molecule has 0 bridgehead atoms. The molecule has 1 aliphatic rings. The molecule has 2 aromatic rings. The van der Waals surface area contributed by atoms with Gasteiger partial charge in [0.05, 0.1) is 0 Å². The Morgan fingerprint density at radius 3 is 2.64 bits per heavy atom. The summed E-state index contributed by atoms with van der Waals surface area (Å²) in [5.41, 5.74) is 2.27. The molecule has 0 unspecified atom stereocenters. The van der Waals surface area contributed by atoms with Crippen molar-refractivity contribution in [2.24, 2.45) is 0 Å². The van der Waals surface area contributed by atoms with Crippen LogP contribution in [-0.4, -0.2) is 53.5 Å². The first-order valence-electron chi connectivity index (χ1n) is 8.60. The summed E-state index contributed by atoms with van der Waals surface area (Å²) in [5, 5.41) is 3.74. The van der Waals surface area contributed by atoms with Gasteiger partial charge in [0.2, 0.25) is 0 Å². The van der Waals surface area contributed by atoms with Gasteiger partial charge >= 0.3 is 6.03 Å². The summed E-state index contributed by atoms with van der Waals surface area (Å²) in [6.07, 6.45) is 4.43. The number of nitrogens with one attached hydrogen (secondary N) is 1. The van der Waals surface area contributed by atoms with Crippen LogP contribution in [-0.2, 0) is 13.0 Å². The smallest absolute Gasteiger partial charge is 0.317 e. The molecule has 2 heterocycles. The lowest BCUT2D eigenvalue weighted by Crippen LogP contribution is -2.51. The highest BCUT2D eigenvalue weighted by atomic mass is 35.5. The Morgan fingerprint density at radius 1 is 1.12 bits per heavy atom. The number of nitrogens with zero attached hydrogens (tertiary/aromatic N) is 3. The van der Waals surface area contributed by atoms with Crippen LogP contribution in [0.15, 0.2) is 48.8 Å². The molecule has 0 atom stereocenters. The highest BCUT2D eigenvalue weighted by Gasteiger charge is 2.20. The molecule has 2 amide bonds. The molecule has 1 aliphatic heterocycles. The van der Waals surface area contributed by atoms with E-state index >= 15 is 0 Å². The second-order valence-corrected chi connectivity index (χ2v) is 6.61. The standard InChI is InChI=1S/C19H23ClN4O/c20-18-6-2-1-5-17(18)7-9-22-19(25)24-12-10-23(11-13-24)15-16-4-3-8-21-14-16/h1-6,8,14H,7,9-13,15H2,(H,22,25). The lowest BCUT2D eigenvalue weighted by atomic mass is 10.1. The van der Waals surface area contributed by atoms with E-state index in [2.05, 4.69) is 21.3 Å². The molecule has 132 valence electrons. The maximum Gasteiger partial charge on any atom is 0.317 e. The average Bonchev–Trinajstić information content (AvgIpc) is 2.65. The molecule has 25 heavy (non-hydrogen) atoms. The Balaban J connectivity index is 1.39. The third-order valence-corrected chi connectivity index (χ3v) is 4.79. The fourth-order valence-corrected chi connectivity index (χ4v) is 3.21. The molecule has 1 aromatic heterocycles. The van der Waals surface area contributed by atoms with Gasteiger partial charge in [-0.3, -0.25) is 9.88 Å². The van der Waals surface area contributed by atoms with Gasteiger partial charge in [0.15, 0.2) is 0 Å². The van der Waals surface area contributed by atoms with Crippen LogP contribution < -0.4 is 5.32 Å². The largest absolute Gasteiger partial charge is 0.338 e. The Morgan fingerprint density at radius 2 is 1.92 bits per heavy atom. The van der Waals surface area contributed by atoms with Crippen LogP contribution >= 0.6 is 11.6 Å². The van der Waals surface area contributed by atoms with Gasteiger partial charge in [0.25, 0.3) is 0 Å². The van der Waals surface area contributed by atoms with E-state index in [-0.39, 0.29) is 6.03 Å². The number of aromatic nitrogens is 1. The zero-order valence-electron chi connectivity index (χ0n) is 14.2. The predicted octanol–water partition coefficient (Wildman–Crippen LogP) is 2.80. The van der Waals surface area contributed by atoms with E-state index in [0.29, 0.717) is 6.54 Å². The van der Waals surface area contributed by atoms with Gasteiger partial charge in [0, 0.05) is 56.7 Å². The normalized spacial score (nSPS) is 15.2. The fourth-order valence-electron chi connectivity index (χ4n) is 2.98. The zero-order chi connectivity index (χ0) is 17.5. The van der Waals surface area contributed by atoms with Crippen molar-refractivity contribution in [2.75, 3.05) is 32.7 Å². The molecular formula is C19H23ClN4O. The summed E-state index contributed by atoms with van der Waals surface area (Å²) in [6.45, 7) is 4.74. The third-order valence-electron chi connectivity index (χ3n) is 4.42. The number of amides is 2. The maximum absolute atomic E-state index is 12.3. The quantitative estimate of drug-likeness (QED) is 0.894. The second kappa shape index (κ2) is 8.83. The van der Waals surface area contributed by atoms with Crippen LogP contribution in [0.2, 0.25) is 5.02 Å². The van der Waals surface area contributed by atoms with Gasteiger partial charge in [-0.25, -0.2) is 4.79 Å². The molecule has 0 radical (unpaired) electrons. The van der Waals surface area contributed by atoms with E-state index in [0.717, 1.165) is 49.7 Å². The first kappa shape index (κ1) is 17.7. The lowest BCUT2D eigenvalue weighted by Gasteiger charge is -2.34. The summed E-state index contributed by atoms with van der Waals surface area (Å²) in [7, 11) is 0. The molecule has 1 aromatic carbocycles. The third kappa shape index (κ3) is 5.18. The van der Waals surface area contributed by atoms with E-state index < -0.39 is 0 Å². The van der Waals surface area contributed by atoms with E-state index in [1.54, 1.807) is 6.20 Å². The van der Waals surface area contributed by atoms with Gasteiger partial charge in [0.1, 0.15) is 0 Å². The van der Waals surface area contributed by atoms with Crippen molar-refractivity contribution in [3.63, 3.8) is 0 Å². The minimum atomic E-state index is 0.00748. The van der Waals surface area contributed by atoms with Crippen LogP contribution in [0, 0.1) is 0 Å². The highest BCUT2D eigenvalue weighted by Crippen LogP contribution is 2.15. The first-order valence-corrected chi connectivity index (χ1v) is 8.97. The number of piperazine rings is 1. The lowest BCUT2D eigenvalue weighted by molar-refractivity contribution is 0.135. The summed E-state index contributed by atoms with van der Waals surface area (Å²) in [5.74, 6) is 0. The van der Waals surface area contributed by atoms with Crippen molar-refractivity contribution < 1.29 is 4.79 Å².